The van der Waals surface area contributed by atoms with Crippen LogP contribution in [0.4, 0.5) is 0 Å². The molecule has 3 atom stereocenters. The number of nitrogens with one attached hydrogen (secondary N) is 1. The predicted octanol–water partition coefficient (Wildman–Crippen LogP) is 18.7. The molecule has 0 aromatic rings. The topological polar surface area (TPSA) is 108 Å². The van der Waals surface area contributed by atoms with E-state index in [2.05, 4.69) is 43.5 Å². The summed E-state index contributed by atoms with van der Waals surface area (Å²) in [5.41, 5.74) is 0. The molecule has 72 heavy (non-hydrogen) atoms. The number of rotatable bonds is 58. The highest BCUT2D eigenvalue weighted by Crippen LogP contribution is 2.38. The lowest BCUT2D eigenvalue weighted by Crippen LogP contribution is -2.45. The number of unbranched alkanes of at least 4 members (excludes halogenated alkanes) is 41. The molecule has 0 radical (unpaired) electrons. The fourth-order valence-electron chi connectivity index (χ4n) is 9.42. The van der Waals surface area contributed by atoms with Gasteiger partial charge in [0.2, 0.25) is 5.91 Å². The number of amides is 1. The summed E-state index contributed by atoms with van der Waals surface area (Å²) in [5.74, 6) is -0.205. The van der Waals surface area contributed by atoms with E-state index >= 15 is 0 Å². The second-order valence-corrected chi connectivity index (χ2v) is 24.2. The van der Waals surface area contributed by atoms with Gasteiger partial charge < -0.3 is 28.8 Å². The minimum Gasteiger partial charge on any atom is -0.756 e. The molecule has 0 spiro atoms. The molecule has 0 aliphatic heterocycles. The lowest BCUT2D eigenvalue weighted by atomic mass is 10.0. The third kappa shape index (κ3) is 56.4. The summed E-state index contributed by atoms with van der Waals surface area (Å²) in [6, 6.07) is -0.908. The lowest BCUT2D eigenvalue weighted by Gasteiger charge is -2.29. The minimum absolute atomic E-state index is 0.00732. The van der Waals surface area contributed by atoms with Crippen molar-refractivity contribution in [2.24, 2.45) is 0 Å². The van der Waals surface area contributed by atoms with Crippen molar-refractivity contribution in [3.05, 3.63) is 36.5 Å². The normalized spacial score (nSPS) is 14.0. The summed E-state index contributed by atoms with van der Waals surface area (Å²) in [6.07, 6.45) is 71.1. The third-order valence-electron chi connectivity index (χ3n) is 14.3. The number of phosphoric acid groups is 1. The Bertz CT molecular complexity index is 1270. The fraction of sp³-hybridized carbons (Fsp3) is 0.889. The molecule has 0 saturated heterocycles. The van der Waals surface area contributed by atoms with Gasteiger partial charge >= 0.3 is 0 Å². The average molecular weight is 1040 g/mol. The van der Waals surface area contributed by atoms with Crippen molar-refractivity contribution in [1.29, 1.82) is 0 Å². The van der Waals surface area contributed by atoms with Crippen LogP contribution in [-0.4, -0.2) is 68.5 Å². The highest BCUT2D eigenvalue weighted by atomic mass is 31.2. The molecule has 8 nitrogen and oxygen atoms in total. The first-order valence-corrected chi connectivity index (χ1v) is 32.8. The molecular formula is C63H123N2O6P. The largest absolute Gasteiger partial charge is 0.756 e. The van der Waals surface area contributed by atoms with Gasteiger partial charge in [0, 0.05) is 6.42 Å². The first-order chi connectivity index (χ1) is 35.0. The molecule has 2 N–H and O–H groups in total. The maximum absolute atomic E-state index is 13.0. The van der Waals surface area contributed by atoms with Gasteiger partial charge in [-0.15, -0.1) is 0 Å². The second-order valence-electron chi connectivity index (χ2n) is 22.8. The number of hydrogen-bond donors (Lipinski definition) is 2. The Morgan fingerprint density at radius 2 is 0.778 bits per heavy atom. The average Bonchev–Trinajstić information content (AvgIpc) is 3.34. The quantitative estimate of drug-likeness (QED) is 0.0272. The number of likely N-dealkylation sites (N-methyl/N-ethyl adjacent to an activating group) is 1. The number of aliphatic hydroxyl groups excluding tert-OH is 1. The van der Waals surface area contributed by atoms with Crippen molar-refractivity contribution in [2.45, 2.75) is 321 Å². The maximum atomic E-state index is 13.0. The van der Waals surface area contributed by atoms with Gasteiger partial charge in [-0.1, -0.05) is 294 Å². The van der Waals surface area contributed by atoms with Crippen molar-refractivity contribution in [2.75, 3.05) is 40.9 Å². The molecule has 3 unspecified atom stereocenters. The van der Waals surface area contributed by atoms with E-state index in [1.165, 1.54) is 244 Å². The summed E-state index contributed by atoms with van der Waals surface area (Å²) < 4.78 is 23.4. The monoisotopic (exact) mass is 1030 g/mol. The molecule has 9 heteroatoms. The van der Waals surface area contributed by atoms with E-state index in [1.54, 1.807) is 6.08 Å². The molecule has 0 saturated carbocycles. The van der Waals surface area contributed by atoms with Crippen LogP contribution in [0.25, 0.3) is 0 Å². The van der Waals surface area contributed by atoms with Crippen molar-refractivity contribution in [3.63, 3.8) is 0 Å². The number of aliphatic hydroxyl groups is 1. The van der Waals surface area contributed by atoms with Crippen LogP contribution in [0.2, 0.25) is 0 Å². The van der Waals surface area contributed by atoms with Crippen LogP contribution in [0.5, 0.6) is 0 Å². The Morgan fingerprint density at radius 1 is 0.472 bits per heavy atom. The number of hydrogen-bond acceptors (Lipinski definition) is 6. The Balaban J connectivity index is 4.10. The Labute approximate surface area is 448 Å². The van der Waals surface area contributed by atoms with Crippen LogP contribution in [-0.2, 0) is 18.4 Å². The van der Waals surface area contributed by atoms with Crippen LogP contribution in [0.15, 0.2) is 36.5 Å². The zero-order valence-electron chi connectivity index (χ0n) is 48.6. The Hall–Kier alpha value is -1.28. The number of phosphoric ester groups is 1. The molecule has 0 aliphatic carbocycles. The second kappa shape index (κ2) is 54.5. The summed E-state index contributed by atoms with van der Waals surface area (Å²) in [7, 11) is 1.25. The fourth-order valence-corrected chi connectivity index (χ4v) is 10.1. The summed E-state index contributed by atoms with van der Waals surface area (Å²) >= 11 is 0. The van der Waals surface area contributed by atoms with Gasteiger partial charge in [-0.25, -0.2) is 0 Å². The van der Waals surface area contributed by atoms with Gasteiger partial charge in [-0.2, -0.15) is 0 Å². The molecule has 0 aliphatic rings. The number of carbonyl (C=O) groups excluding carboxylic acids is 1. The molecular weight excluding hydrogens is 912 g/mol. The van der Waals surface area contributed by atoms with Crippen LogP contribution < -0.4 is 10.2 Å². The van der Waals surface area contributed by atoms with Gasteiger partial charge in [0.15, 0.2) is 0 Å². The molecule has 0 bridgehead atoms. The number of allylic oxidation sites excluding steroid dienone is 5. The van der Waals surface area contributed by atoms with E-state index < -0.39 is 26.6 Å². The number of carbonyl (C=O) groups is 1. The van der Waals surface area contributed by atoms with E-state index in [-0.39, 0.29) is 12.5 Å². The molecule has 0 rings (SSSR count). The SMILES string of the molecule is CCCCCCCCCCC/C=C/CC/C=C/CC/C=C/C(O)C(COP(=O)([O-])OCC[N+](C)(C)C)NC(=O)CCCCCCCCCCCCCCCCCCCCCCCCCCCCCCCCC. The number of nitrogens with zero attached hydrogens (tertiary/aromatic N) is 1. The zero-order valence-corrected chi connectivity index (χ0v) is 49.5. The van der Waals surface area contributed by atoms with E-state index in [1.807, 2.05) is 27.2 Å². The van der Waals surface area contributed by atoms with Crippen molar-refractivity contribution >= 4 is 13.7 Å². The predicted molar refractivity (Wildman–Crippen MR) is 311 cm³/mol. The summed E-state index contributed by atoms with van der Waals surface area (Å²) in [6.45, 7) is 4.66. The van der Waals surface area contributed by atoms with Gasteiger partial charge in [-0.3, -0.25) is 9.36 Å². The molecule has 0 fully saturated rings. The zero-order chi connectivity index (χ0) is 52.7. The van der Waals surface area contributed by atoms with E-state index in [4.69, 9.17) is 9.05 Å². The summed E-state index contributed by atoms with van der Waals surface area (Å²) in [5, 5.41) is 13.9. The van der Waals surface area contributed by atoms with Gasteiger partial charge in [0.25, 0.3) is 7.82 Å². The van der Waals surface area contributed by atoms with Crippen molar-refractivity contribution in [3.8, 4) is 0 Å². The molecule has 0 heterocycles. The van der Waals surface area contributed by atoms with Crippen LogP contribution >= 0.6 is 7.82 Å². The molecule has 0 aromatic carbocycles. The van der Waals surface area contributed by atoms with E-state index in [0.717, 1.165) is 44.9 Å². The Morgan fingerprint density at radius 3 is 1.12 bits per heavy atom. The Kier molecular flexibility index (Phi) is 53.5. The van der Waals surface area contributed by atoms with E-state index in [0.29, 0.717) is 17.4 Å². The third-order valence-corrected chi connectivity index (χ3v) is 15.3. The van der Waals surface area contributed by atoms with Crippen molar-refractivity contribution in [1.82, 2.24) is 5.32 Å². The van der Waals surface area contributed by atoms with Gasteiger partial charge in [0.05, 0.1) is 39.9 Å². The molecule has 426 valence electrons. The lowest BCUT2D eigenvalue weighted by molar-refractivity contribution is -0.870. The molecule has 0 aromatic heterocycles. The van der Waals surface area contributed by atoms with Crippen molar-refractivity contribution < 1.29 is 32.9 Å². The molecule has 1 amide bonds. The van der Waals surface area contributed by atoms with Crippen LogP contribution in [0.1, 0.15) is 309 Å². The first-order valence-electron chi connectivity index (χ1n) is 31.4. The van der Waals surface area contributed by atoms with Crippen LogP contribution in [0.3, 0.4) is 0 Å². The highest BCUT2D eigenvalue weighted by Gasteiger charge is 2.23. The summed E-state index contributed by atoms with van der Waals surface area (Å²) in [4.78, 5) is 25.5. The first kappa shape index (κ1) is 70.7. The van der Waals surface area contributed by atoms with Gasteiger partial charge in [0.1, 0.15) is 13.2 Å². The van der Waals surface area contributed by atoms with E-state index in [9.17, 15) is 19.4 Å². The van der Waals surface area contributed by atoms with Crippen LogP contribution in [0, 0.1) is 0 Å². The standard InChI is InChI=1S/C63H123N2O6P/c1-6-8-10-12-14-16-18-20-22-24-26-27-28-29-30-31-32-33-34-35-36-37-39-41-43-45-47-49-51-53-55-57-63(67)64-61(60-71-72(68,69)70-59-58-65(3,4)5)62(66)56-54-52-50-48-46-44-42-40-38-25-23-21-19-17-15-13-11-9-7-2/h38,40,46,48,54,56,61-62,66H,6-37,39,41-45,47,49-53,55,57-60H2,1-5H3,(H-,64,67,68,69)/b40-38+,48-46+,56-54+. The smallest absolute Gasteiger partial charge is 0.268 e. The number of quaternary nitrogens is 1. The minimum atomic E-state index is -4.61. The maximum Gasteiger partial charge on any atom is 0.268 e. The highest BCUT2D eigenvalue weighted by molar-refractivity contribution is 7.45. The van der Waals surface area contributed by atoms with Gasteiger partial charge in [-0.05, 0) is 44.9 Å².